The van der Waals surface area contributed by atoms with Crippen molar-refractivity contribution in [2.45, 2.75) is 0 Å². The molecule has 0 spiro atoms. The van der Waals surface area contributed by atoms with Crippen molar-refractivity contribution in [3.8, 4) is 22.9 Å². The predicted octanol–water partition coefficient (Wildman–Crippen LogP) is 15.3. The van der Waals surface area contributed by atoms with Gasteiger partial charge < -0.3 is 4.57 Å². The van der Waals surface area contributed by atoms with Gasteiger partial charge in [0.25, 0.3) is 0 Å². The highest BCUT2D eigenvalue weighted by Crippen LogP contribution is 2.44. The van der Waals surface area contributed by atoms with Gasteiger partial charge in [-0.25, -0.2) is 9.97 Å². The Morgan fingerprint density at radius 2 is 0.967 bits per heavy atom. The maximum Gasteiger partial charge on any atom is 0.235 e. The van der Waals surface area contributed by atoms with Gasteiger partial charge in [0.05, 0.1) is 33.3 Å². The largest absolute Gasteiger partial charge is 0.309 e. The minimum atomic E-state index is 0.656. The van der Waals surface area contributed by atoms with Gasteiger partial charge in [0.1, 0.15) is 0 Å². The van der Waals surface area contributed by atoms with Gasteiger partial charge in [-0.15, -0.1) is 11.3 Å². The Bertz CT molecular complexity index is 4170. The van der Waals surface area contributed by atoms with Gasteiger partial charge in [0.15, 0.2) is 0 Å². The number of rotatable bonds is 3. The highest BCUT2D eigenvalue weighted by Gasteiger charge is 2.23. The lowest BCUT2D eigenvalue weighted by Crippen LogP contribution is -2.04. The van der Waals surface area contributed by atoms with Crippen LogP contribution in [0.15, 0.2) is 194 Å². The molecule has 4 aromatic heterocycles. The van der Waals surface area contributed by atoms with Gasteiger partial charge >= 0.3 is 0 Å². The van der Waals surface area contributed by atoms with E-state index in [1.165, 1.54) is 68.8 Å². The maximum absolute atomic E-state index is 5.75. The Balaban J connectivity index is 1.13. The fourth-order valence-electron chi connectivity index (χ4n) is 10.2. The summed E-state index contributed by atoms with van der Waals surface area (Å²) in [6.07, 6.45) is 0. The van der Waals surface area contributed by atoms with Crippen LogP contribution < -0.4 is 0 Å². The zero-order valence-corrected chi connectivity index (χ0v) is 33.5. The molecule has 282 valence electrons. The van der Waals surface area contributed by atoms with E-state index in [0.29, 0.717) is 5.95 Å². The summed E-state index contributed by atoms with van der Waals surface area (Å²) in [4.78, 5) is 11.4. The highest BCUT2D eigenvalue weighted by atomic mass is 32.1. The average molecular weight is 793 g/mol. The summed E-state index contributed by atoms with van der Waals surface area (Å²) in [7, 11) is 0. The fourth-order valence-corrected chi connectivity index (χ4v) is 11.5. The molecular weight excluding hydrogens is 761 g/mol. The number of fused-ring (bicyclic) bond motifs is 17. The molecule has 0 bridgehead atoms. The van der Waals surface area contributed by atoms with Crippen LogP contribution in [0.3, 0.4) is 0 Å². The second-order valence-electron chi connectivity index (χ2n) is 16.1. The summed E-state index contributed by atoms with van der Waals surface area (Å²) in [6.45, 7) is 0. The Kier molecular flexibility index (Phi) is 6.68. The molecule has 0 radical (unpaired) electrons. The van der Waals surface area contributed by atoms with Crippen LogP contribution in [0.4, 0.5) is 0 Å². The number of benzene rings is 10. The lowest BCUT2D eigenvalue weighted by Gasteiger charge is -2.16. The third-order valence-electron chi connectivity index (χ3n) is 12.9. The van der Waals surface area contributed by atoms with Gasteiger partial charge in [-0.1, -0.05) is 140 Å². The molecule has 0 atom stereocenters. The average Bonchev–Trinajstić information content (AvgIpc) is 3.98. The molecule has 14 rings (SSSR count). The van der Waals surface area contributed by atoms with Crippen LogP contribution in [-0.4, -0.2) is 19.1 Å². The Morgan fingerprint density at radius 1 is 0.361 bits per heavy atom. The number of thiophene rings is 1. The summed E-state index contributed by atoms with van der Waals surface area (Å²) in [5, 5.41) is 15.5. The zero-order chi connectivity index (χ0) is 39.8. The van der Waals surface area contributed by atoms with E-state index in [9.17, 15) is 0 Å². The highest BCUT2D eigenvalue weighted by molar-refractivity contribution is 7.26. The van der Waals surface area contributed by atoms with E-state index in [4.69, 9.17) is 9.97 Å². The van der Waals surface area contributed by atoms with Crippen LogP contribution in [-0.2, 0) is 0 Å². The van der Waals surface area contributed by atoms with Crippen molar-refractivity contribution in [1.29, 1.82) is 0 Å². The molecule has 0 N–H and O–H groups in total. The van der Waals surface area contributed by atoms with E-state index < -0.39 is 0 Å². The summed E-state index contributed by atoms with van der Waals surface area (Å²) in [5.74, 6) is 0.656. The second-order valence-corrected chi connectivity index (χ2v) is 17.1. The normalized spacial score (nSPS) is 12.3. The molecule has 14 aromatic rings. The van der Waals surface area contributed by atoms with E-state index in [2.05, 4.69) is 203 Å². The molecule has 0 unspecified atom stereocenters. The van der Waals surface area contributed by atoms with Gasteiger partial charge in [0, 0.05) is 69.1 Å². The first-order chi connectivity index (χ1) is 30.3. The van der Waals surface area contributed by atoms with Crippen molar-refractivity contribution in [2.24, 2.45) is 0 Å². The molecule has 0 aliphatic carbocycles. The zero-order valence-electron chi connectivity index (χ0n) is 32.7. The van der Waals surface area contributed by atoms with Crippen molar-refractivity contribution in [3.63, 3.8) is 0 Å². The maximum atomic E-state index is 5.75. The molecule has 0 saturated heterocycles. The quantitative estimate of drug-likeness (QED) is 0.167. The third-order valence-corrected chi connectivity index (χ3v) is 14.1. The van der Waals surface area contributed by atoms with E-state index in [0.717, 1.165) is 55.2 Å². The predicted molar refractivity (Wildman–Crippen MR) is 259 cm³/mol. The van der Waals surface area contributed by atoms with Crippen molar-refractivity contribution < 1.29 is 0 Å². The lowest BCUT2D eigenvalue weighted by atomic mass is 9.94. The van der Waals surface area contributed by atoms with E-state index in [1.54, 1.807) is 0 Å². The summed E-state index contributed by atoms with van der Waals surface area (Å²) < 4.78 is 7.29. The lowest BCUT2D eigenvalue weighted by molar-refractivity contribution is 1.02. The molecule has 4 heterocycles. The Morgan fingerprint density at radius 3 is 1.75 bits per heavy atom. The standard InChI is InChI=1S/C56H32N4S/c1-2-14-35(15-3-1)59-47-23-11-8-18-38(47)45-31-34(27-29-49(45)59)53-52-41-21-6-4-16-36(41)37-17-5-7-22-42(37)54(52)58-56(57-53)60-48-24-12-9-19-39(48)46-30-33-26-28-43-40-20-10-13-25-51(40)61-55(43)44(33)32-50(46)60/h1-32H. The SMILES string of the molecule is c1ccc(-n2c3ccccc3c3cc(-c4nc(-n5c6ccccc6c6cc7ccc8c9ccccc9sc8c7cc65)nc5c6ccccc6c6ccccc6c45)ccc32)cc1. The molecule has 0 amide bonds. The number of nitrogens with zero attached hydrogens (tertiary/aromatic N) is 4. The van der Waals surface area contributed by atoms with Crippen molar-refractivity contribution in [1.82, 2.24) is 19.1 Å². The third kappa shape index (κ3) is 4.58. The van der Waals surface area contributed by atoms with Crippen LogP contribution >= 0.6 is 11.3 Å². The van der Waals surface area contributed by atoms with E-state index >= 15 is 0 Å². The smallest absolute Gasteiger partial charge is 0.235 e. The first kappa shape index (κ1) is 33.0. The topological polar surface area (TPSA) is 35.6 Å². The van der Waals surface area contributed by atoms with Crippen LogP contribution in [0.2, 0.25) is 0 Å². The molecule has 5 heteroatoms. The molecule has 0 saturated carbocycles. The summed E-state index contributed by atoms with van der Waals surface area (Å²) >= 11 is 1.87. The minimum Gasteiger partial charge on any atom is -0.309 e. The van der Waals surface area contributed by atoms with Crippen molar-refractivity contribution in [3.05, 3.63) is 194 Å². The number of aromatic nitrogens is 4. The van der Waals surface area contributed by atoms with Gasteiger partial charge in [-0.3, -0.25) is 4.57 Å². The molecular formula is C56H32N4S. The molecule has 0 fully saturated rings. The molecule has 0 aliphatic heterocycles. The van der Waals surface area contributed by atoms with E-state index in [-0.39, 0.29) is 0 Å². The number of para-hydroxylation sites is 3. The molecule has 4 nitrogen and oxygen atoms in total. The number of hydrogen-bond acceptors (Lipinski definition) is 3. The van der Waals surface area contributed by atoms with Gasteiger partial charge in [-0.05, 0) is 76.1 Å². The monoisotopic (exact) mass is 792 g/mol. The van der Waals surface area contributed by atoms with Gasteiger partial charge in [0.2, 0.25) is 5.95 Å². The molecule has 61 heavy (non-hydrogen) atoms. The van der Waals surface area contributed by atoms with Gasteiger partial charge in [-0.2, -0.15) is 0 Å². The minimum absolute atomic E-state index is 0.656. The van der Waals surface area contributed by atoms with Crippen LogP contribution in [0.5, 0.6) is 0 Å². The van der Waals surface area contributed by atoms with Crippen LogP contribution in [0, 0.1) is 0 Å². The van der Waals surface area contributed by atoms with Crippen LogP contribution in [0.1, 0.15) is 0 Å². The summed E-state index contributed by atoms with van der Waals surface area (Å²) in [6, 6.07) is 70.5. The Labute approximate surface area is 352 Å². The fraction of sp³-hybridized carbons (Fsp3) is 0. The first-order valence-corrected chi connectivity index (χ1v) is 21.6. The molecule has 10 aromatic carbocycles. The van der Waals surface area contributed by atoms with Crippen molar-refractivity contribution in [2.75, 3.05) is 0 Å². The summed E-state index contributed by atoms with van der Waals surface area (Å²) in [5.41, 5.74) is 8.56. The Hall–Kier alpha value is -7.86. The second kappa shape index (κ2) is 12.3. The molecule has 0 aliphatic rings. The number of hydrogen-bond donors (Lipinski definition) is 0. The first-order valence-electron chi connectivity index (χ1n) is 20.7. The van der Waals surface area contributed by atoms with E-state index in [1.807, 2.05) is 11.3 Å². The van der Waals surface area contributed by atoms with Crippen molar-refractivity contribution >= 4 is 118 Å². The van der Waals surface area contributed by atoms with Crippen LogP contribution in [0.25, 0.3) is 130 Å².